The Balaban J connectivity index is 2.02. The number of carbonyl (C=O) groups excluding carboxylic acids is 1. The smallest absolute Gasteiger partial charge is 0.326 e. The standard InChI is InChI=1S/C13H15F3N2O/c1-8-11(6-7-17-8)12(19)18-10-4-2-9(3-5-10)13(14,15)16/h2-5,8,11,17H,6-7H2,1H3,(H,18,19). The van der Waals surface area contributed by atoms with Crippen LogP contribution in [0.2, 0.25) is 0 Å². The van der Waals surface area contributed by atoms with E-state index in [-0.39, 0.29) is 17.9 Å². The van der Waals surface area contributed by atoms with Crippen molar-refractivity contribution in [3.8, 4) is 0 Å². The van der Waals surface area contributed by atoms with Crippen molar-refractivity contribution in [2.24, 2.45) is 5.92 Å². The molecule has 1 aromatic carbocycles. The SMILES string of the molecule is CC1NCCC1C(=O)Nc1ccc(C(F)(F)F)cc1. The van der Waals surface area contributed by atoms with Crippen LogP contribution in [0.3, 0.4) is 0 Å². The second-order valence-corrected chi connectivity index (χ2v) is 4.70. The minimum atomic E-state index is -4.35. The highest BCUT2D eigenvalue weighted by molar-refractivity contribution is 5.93. The van der Waals surface area contributed by atoms with Crippen LogP contribution >= 0.6 is 0 Å². The highest BCUT2D eigenvalue weighted by Gasteiger charge is 2.31. The van der Waals surface area contributed by atoms with Gasteiger partial charge in [-0.15, -0.1) is 0 Å². The van der Waals surface area contributed by atoms with E-state index in [4.69, 9.17) is 0 Å². The van der Waals surface area contributed by atoms with E-state index in [1.54, 1.807) is 0 Å². The molecule has 104 valence electrons. The summed E-state index contributed by atoms with van der Waals surface area (Å²) in [6, 6.07) is 4.56. The molecular formula is C13H15F3N2O. The summed E-state index contributed by atoms with van der Waals surface area (Å²) in [7, 11) is 0. The second kappa shape index (κ2) is 5.21. The molecule has 1 aromatic rings. The van der Waals surface area contributed by atoms with Crippen LogP contribution in [0.5, 0.6) is 0 Å². The molecule has 1 amide bonds. The van der Waals surface area contributed by atoms with Crippen molar-refractivity contribution in [3.63, 3.8) is 0 Å². The first-order chi connectivity index (χ1) is 8.88. The maximum absolute atomic E-state index is 12.4. The molecular weight excluding hydrogens is 257 g/mol. The monoisotopic (exact) mass is 272 g/mol. The zero-order valence-corrected chi connectivity index (χ0v) is 10.4. The Labute approximate surface area is 109 Å². The molecule has 0 spiro atoms. The summed E-state index contributed by atoms with van der Waals surface area (Å²) in [6.07, 6.45) is -3.61. The van der Waals surface area contributed by atoms with Gasteiger partial charge in [-0.05, 0) is 44.2 Å². The molecule has 1 fully saturated rings. The molecule has 2 atom stereocenters. The Hall–Kier alpha value is -1.56. The summed E-state index contributed by atoms with van der Waals surface area (Å²) in [5.74, 6) is -0.292. The predicted molar refractivity (Wildman–Crippen MR) is 65.6 cm³/mol. The van der Waals surface area contributed by atoms with Crippen LogP contribution < -0.4 is 10.6 Å². The quantitative estimate of drug-likeness (QED) is 0.869. The van der Waals surface area contributed by atoms with Gasteiger partial charge in [0.2, 0.25) is 5.91 Å². The van der Waals surface area contributed by atoms with Gasteiger partial charge in [0, 0.05) is 11.7 Å². The van der Waals surface area contributed by atoms with Gasteiger partial charge in [0.15, 0.2) is 0 Å². The highest BCUT2D eigenvalue weighted by Crippen LogP contribution is 2.30. The van der Waals surface area contributed by atoms with Crippen molar-refractivity contribution >= 4 is 11.6 Å². The number of rotatable bonds is 2. The fourth-order valence-corrected chi connectivity index (χ4v) is 2.19. The van der Waals surface area contributed by atoms with Crippen molar-refractivity contribution < 1.29 is 18.0 Å². The van der Waals surface area contributed by atoms with Gasteiger partial charge in [0.05, 0.1) is 11.5 Å². The highest BCUT2D eigenvalue weighted by atomic mass is 19.4. The van der Waals surface area contributed by atoms with Crippen LogP contribution in [-0.4, -0.2) is 18.5 Å². The topological polar surface area (TPSA) is 41.1 Å². The van der Waals surface area contributed by atoms with E-state index in [1.165, 1.54) is 12.1 Å². The van der Waals surface area contributed by atoms with Crippen LogP contribution in [0.15, 0.2) is 24.3 Å². The van der Waals surface area contributed by atoms with Crippen molar-refractivity contribution in [1.82, 2.24) is 5.32 Å². The number of carbonyl (C=O) groups is 1. The predicted octanol–water partition coefficient (Wildman–Crippen LogP) is 2.64. The lowest BCUT2D eigenvalue weighted by Crippen LogP contribution is -2.32. The Bertz CT molecular complexity index is 456. The molecule has 0 aromatic heterocycles. The molecule has 1 saturated heterocycles. The maximum atomic E-state index is 12.4. The zero-order chi connectivity index (χ0) is 14.0. The first kappa shape index (κ1) is 13.9. The van der Waals surface area contributed by atoms with Crippen LogP contribution in [0.4, 0.5) is 18.9 Å². The molecule has 1 heterocycles. The summed E-state index contributed by atoms with van der Waals surface area (Å²) in [6.45, 7) is 2.70. The molecule has 3 nitrogen and oxygen atoms in total. The second-order valence-electron chi connectivity index (χ2n) is 4.70. The van der Waals surface area contributed by atoms with Crippen molar-refractivity contribution in [2.75, 3.05) is 11.9 Å². The third-order valence-electron chi connectivity index (χ3n) is 3.34. The first-order valence-electron chi connectivity index (χ1n) is 6.09. The summed E-state index contributed by atoms with van der Waals surface area (Å²) in [4.78, 5) is 11.9. The van der Waals surface area contributed by atoms with E-state index < -0.39 is 11.7 Å². The number of benzene rings is 1. The molecule has 0 bridgehead atoms. The minimum Gasteiger partial charge on any atom is -0.326 e. The normalized spacial score (nSPS) is 23.4. The lowest BCUT2D eigenvalue weighted by molar-refractivity contribution is -0.137. The Morgan fingerprint density at radius 3 is 2.42 bits per heavy atom. The number of alkyl halides is 3. The molecule has 0 aliphatic carbocycles. The fourth-order valence-electron chi connectivity index (χ4n) is 2.19. The van der Waals surface area contributed by atoms with Crippen LogP contribution in [0.25, 0.3) is 0 Å². The van der Waals surface area contributed by atoms with Crippen LogP contribution in [0, 0.1) is 5.92 Å². The average Bonchev–Trinajstić information content (AvgIpc) is 2.75. The van der Waals surface area contributed by atoms with Gasteiger partial charge in [0.25, 0.3) is 0 Å². The van der Waals surface area contributed by atoms with Crippen molar-refractivity contribution in [3.05, 3.63) is 29.8 Å². The van der Waals surface area contributed by atoms with Gasteiger partial charge in [0.1, 0.15) is 0 Å². The van der Waals surface area contributed by atoms with E-state index in [0.717, 1.165) is 25.1 Å². The number of halogens is 3. The van der Waals surface area contributed by atoms with Crippen LogP contribution in [-0.2, 0) is 11.0 Å². The van der Waals surface area contributed by atoms with Crippen molar-refractivity contribution in [1.29, 1.82) is 0 Å². The fraction of sp³-hybridized carbons (Fsp3) is 0.462. The number of anilines is 1. The number of nitrogens with one attached hydrogen (secondary N) is 2. The van der Waals surface area contributed by atoms with E-state index in [0.29, 0.717) is 5.69 Å². The van der Waals surface area contributed by atoms with Gasteiger partial charge in [-0.3, -0.25) is 4.79 Å². The minimum absolute atomic E-state index is 0.0921. The molecule has 2 N–H and O–H groups in total. The lowest BCUT2D eigenvalue weighted by atomic mass is 10.0. The third kappa shape index (κ3) is 3.26. The summed E-state index contributed by atoms with van der Waals surface area (Å²) < 4.78 is 37.2. The van der Waals surface area contributed by atoms with Gasteiger partial charge < -0.3 is 10.6 Å². The molecule has 1 aliphatic rings. The molecule has 2 unspecified atom stereocenters. The van der Waals surface area contributed by atoms with E-state index in [9.17, 15) is 18.0 Å². The zero-order valence-electron chi connectivity index (χ0n) is 10.4. The van der Waals surface area contributed by atoms with Gasteiger partial charge in [-0.25, -0.2) is 0 Å². The Morgan fingerprint density at radius 2 is 1.95 bits per heavy atom. The number of hydrogen-bond donors (Lipinski definition) is 2. The van der Waals surface area contributed by atoms with Gasteiger partial charge >= 0.3 is 6.18 Å². The molecule has 0 saturated carbocycles. The lowest BCUT2D eigenvalue weighted by Gasteiger charge is -2.15. The largest absolute Gasteiger partial charge is 0.416 e. The van der Waals surface area contributed by atoms with Gasteiger partial charge in [-0.1, -0.05) is 0 Å². The summed E-state index contributed by atoms with van der Waals surface area (Å²) in [5.41, 5.74) is -0.335. The molecule has 2 rings (SSSR count). The number of hydrogen-bond acceptors (Lipinski definition) is 2. The Morgan fingerprint density at radius 1 is 1.32 bits per heavy atom. The van der Waals surface area contributed by atoms with Gasteiger partial charge in [-0.2, -0.15) is 13.2 Å². The number of amides is 1. The van der Waals surface area contributed by atoms with E-state index in [1.807, 2.05) is 6.92 Å². The summed E-state index contributed by atoms with van der Waals surface area (Å²) >= 11 is 0. The average molecular weight is 272 g/mol. The van der Waals surface area contributed by atoms with Crippen molar-refractivity contribution in [2.45, 2.75) is 25.6 Å². The molecule has 1 aliphatic heterocycles. The van der Waals surface area contributed by atoms with E-state index >= 15 is 0 Å². The van der Waals surface area contributed by atoms with Crippen LogP contribution in [0.1, 0.15) is 18.9 Å². The third-order valence-corrected chi connectivity index (χ3v) is 3.34. The van der Waals surface area contributed by atoms with E-state index in [2.05, 4.69) is 10.6 Å². The molecule has 0 radical (unpaired) electrons. The maximum Gasteiger partial charge on any atom is 0.416 e. The summed E-state index contributed by atoms with van der Waals surface area (Å²) in [5, 5.41) is 5.80. The molecule has 19 heavy (non-hydrogen) atoms. The first-order valence-corrected chi connectivity index (χ1v) is 6.09. The Kier molecular flexibility index (Phi) is 3.80. The molecule has 6 heteroatoms.